The predicted octanol–water partition coefficient (Wildman–Crippen LogP) is 6.38. The lowest BCUT2D eigenvalue weighted by Gasteiger charge is -2.29. The van der Waals surface area contributed by atoms with Crippen molar-refractivity contribution >= 4 is 100 Å². The van der Waals surface area contributed by atoms with Crippen molar-refractivity contribution < 1.29 is 58.2 Å². The second kappa shape index (κ2) is 23.8. The lowest BCUT2D eigenvalue weighted by atomic mass is 10.1. The molecule has 2 aliphatic heterocycles. The number of carboxylic acids is 2. The molecule has 2 unspecified atom stereocenters. The van der Waals surface area contributed by atoms with Crippen LogP contribution in [-0.2, 0) is 49.8 Å². The summed E-state index contributed by atoms with van der Waals surface area (Å²) in [5.74, 6) is 1.59. The number of thioether (sulfide) groups is 6. The Kier molecular flexibility index (Phi) is 20.3. The van der Waals surface area contributed by atoms with Crippen molar-refractivity contribution in [1.29, 1.82) is 0 Å². The number of carboxylic acid groups (broad SMARTS) is 2. The molecule has 0 bridgehead atoms. The van der Waals surface area contributed by atoms with Gasteiger partial charge < -0.3 is 24.4 Å². The topological polar surface area (TPSA) is 172 Å². The van der Waals surface area contributed by atoms with Gasteiger partial charge in [-0.15, -0.1) is 58.8 Å². The van der Waals surface area contributed by atoms with Crippen LogP contribution in [-0.4, -0.2) is 114 Å². The number of hydrogen-bond acceptors (Lipinski definition) is 16. The third-order valence-corrected chi connectivity index (χ3v) is 15.7. The summed E-state index contributed by atoms with van der Waals surface area (Å²) in [6.45, 7) is 8.21. The average molecular weight is 837 g/mol. The maximum atomic E-state index is 13.1. The smallest absolute Gasteiger partial charge is 0.338 e. The second-order valence-electron chi connectivity index (χ2n) is 11.6. The number of aliphatic carboxylic acids is 2. The zero-order valence-electron chi connectivity index (χ0n) is 28.8. The minimum absolute atomic E-state index is 0.0508. The molecule has 2 heterocycles. The van der Waals surface area contributed by atoms with Crippen molar-refractivity contribution in [2.24, 2.45) is 0 Å². The van der Waals surface area contributed by atoms with E-state index in [2.05, 4.69) is 13.2 Å². The molecule has 1 aromatic carbocycles. The zero-order chi connectivity index (χ0) is 37.9. The van der Waals surface area contributed by atoms with Gasteiger partial charge in [-0.25, -0.2) is 24.2 Å². The van der Waals surface area contributed by atoms with Gasteiger partial charge in [0.25, 0.3) is 0 Å². The summed E-state index contributed by atoms with van der Waals surface area (Å²) in [6, 6.07) is 6.49. The van der Waals surface area contributed by atoms with Crippen LogP contribution in [0.25, 0.3) is 0 Å². The number of benzene rings is 1. The van der Waals surface area contributed by atoms with Gasteiger partial charge in [-0.2, -0.15) is 11.8 Å². The minimum Gasteiger partial charge on any atom is -0.481 e. The van der Waals surface area contributed by atoms with Crippen LogP contribution in [0, 0.1) is 0 Å². The Hall–Kier alpha value is -1.93. The Morgan fingerprint density at radius 2 is 1.48 bits per heavy atom. The first-order valence-electron chi connectivity index (χ1n) is 16.3. The molecule has 0 spiro atoms. The first kappa shape index (κ1) is 44.5. The third kappa shape index (κ3) is 17.5. The van der Waals surface area contributed by atoms with E-state index in [0.717, 1.165) is 41.6 Å². The number of carbonyl (C=O) groups excluding carboxylic acids is 3. The van der Waals surface area contributed by atoms with E-state index in [1.807, 2.05) is 47.0 Å². The predicted molar refractivity (Wildman–Crippen MR) is 211 cm³/mol. The van der Waals surface area contributed by atoms with Gasteiger partial charge in [0.05, 0.1) is 27.6 Å². The number of ether oxygens (including phenoxy) is 3. The normalized spacial score (nSPS) is 16.5. The molecule has 0 saturated carbocycles. The van der Waals surface area contributed by atoms with E-state index in [9.17, 15) is 24.0 Å². The fourth-order valence-corrected chi connectivity index (χ4v) is 12.8. The molecule has 0 amide bonds. The molecule has 0 aromatic heterocycles. The molecule has 0 aliphatic carbocycles. The van der Waals surface area contributed by atoms with Crippen molar-refractivity contribution in [3.05, 3.63) is 59.7 Å². The molecule has 2 fully saturated rings. The number of esters is 3. The van der Waals surface area contributed by atoms with Gasteiger partial charge in [0.2, 0.25) is 0 Å². The molecule has 12 nitrogen and oxygen atoms in total. The molecular formula is C34H44O12S6. The van der Waals surface area contributed by atoms with Crippen LogP contribution in [0.2, 0.25) is 0 Å². The van der Waals surface area contributed by atoms with Gasteiger partial charge in [-0.3, -0.25) is 9.59 Å². The second-order valence-corrected chi connectivity index (χ2v) is 20.1. The molecule has 0 radical (unpaired) electrons. The summed E-state index contributed by atoms with van der Waals surface area (Å²) in [5, 5.41) is 18.0. The van der Waals surface area contributed by atoms with Crippen LogP contribution in [0.15, 0.2) is 48.6 Å². The first-order valence-corrected chi connectivity index (χ1v) is 22.6. The van der Waals surface area contributed by atoms with Gasteiger partial charge >= 0.3 is 29.8 Å². The van der Waals surface area contributed by atoms with Gasteiger partial charge in [-0.1, -0.05) is 25.3 Å². The highest BCUT2D eigenvalue weighted by Gasteiger charge is 2.33. The van der Waals surface area contributed by atoms with Crippen molar-refractivity contribution in [1.82, 2.24) is 0 Å². The maximum Gasteiger partial charge on any atom is 0.338 e. The summed E-state index contributed by atoms with van der Waals surface area (Å²) in [7, 11) is 0. The van der Waals surface area contributed by atoms with E-state index < -0.39 is 53.7 Å². The molecule has 2 N–H and O–H groups in total. The van der Waals surface area contributed by atoms with Crippen LogP contribution < -0.4 is 0 Å². The number of rotatable bonds is 25. The largest absolute Gasteiger partial charge is 0.481 e. The van der Waals surface area contributed by atoms with E-state index in [1.165, 1.54) is 11.8 Å². The van der Waals surface area contributed by atoms with Gasteiger partial charge in [0.1, 0.15) is 25.9 Å². The van der Waals surface area contributed by atoms with Crippen molar-refractivity contribution in [3.63, 3.8) is 0 Å². The molecule has 2 saturated heterocycles. The molecular weight excluding hydrogens is 793 g/mol. The van der Waals surface area contributed by atoms with E-state index in [-0.39, 0.29) is 36.5 Å². The van der Waals surface area contributed by atoms with E-state index in [4.69, 9.17) is 34.2 Å². The Morgan fingerprint density at radius 1 is 0.885 bits per heavy atom. The molecule has 18 heteroatoms. The minimum atomic E-state index is -1.29. The van der Waals surface area contributed by atoms with Crippen molar-refractivity contribution in [2.45, 2.75) is 59.4 Å². The van der Waals surface area contributed by atoms with E-state index >= 15 is 0 Å². The van der Waals surface area contributed by atoms with Crippen LogP contribution in [0.3, 0.4) is 0 Å². The lowest BCUT2D eigenvalue weighted by Crippen LogP contribution is -2.35. The zero-order valence-corrected chi connectivity index (χ0v) is 33.7. The Labute approximate surface area is 329 Å². The van der Waals surface area contributed by atoms with Gasteiger partial charge in [0, 0.05) is 39.9 Å². The van der Waals surface area contributed by atoms with E-state index in [1.54, 1.807) is 43.0 Å². The van der Waals surface area contributed by atoms with Crippen LogP contribution >= 0.6 is 70.6 Å². The standard InChI is InChI=1S/C34H44O12S6/c1-22(15-27(35)36)31(39)45-26(20-47-9-7-29-48-11-12-49-29)19-44-43-18-24-5-4-6-25(17-24)33(41)42-21-34(3,46-32(40)23(2)16-28(37)38)52-10-8-30-50-13-14-51-30/h4-6,17,26,29-30H,1-2,7-16,18-21H2,3H3,(H,35,36)(H,37,38). The monoisotopic (exact) mass is 836 g/mol. The number of carbonyl (C=O) groups is 5. The highest BCUT2D eigenvalue weighted by atomic mass is 32.2. The number of hydrogen-bond donors (Lipinski definition) is 2. The fourth-order valence-electron chi connectivity index (χ4n) is 4.44. The third-order valence-electron chi connectivity index (χ3n) is 7.02. The van der Waals surface area contributed by atoms with Gasteiger partial charge in [-0.05, 0) is 49.0 Å². The van der Waals surface area contributed by atoms with E-state index in [0.29, 0.717) is 26.2 Å². The molecule has 52 heavy (non-hydrogen) atoms. The van der Waals surface area contributed by atoms with Crippen molar-refractivity contribution in [2.75, 3.05) is 53.5 Å². The lowest BCUT2D eigenvalue weighted by molar-refractivity contribution is -0.313. The van der Waals surface area contributed by atoms with Crippen LogP contribution in [0.1, 0.15) is 48.5 Å². The highest BCUT2D eigenvalue weighted by molar-refractivity contribution is 8.20. The molecule has 1 aromatic rings. The van der Waals surface area contributed by atoms with Crippen LogP contribution in [0.4, 0.5) is 0 Å². The average Bonchev–Trinajstić information content (AvgIpc) is 3.82. The Morgan fingerprint density at radius 3 is 2.10 bits per heavy atom. The summed E-state index contributed by atoms with van der Waals surface area (Å²) < 4.78 is 17.7. The SMILES string of the molecule is C=C(CC(=O)O)C(=O)OC(COOCc1cccc(C(=O)OCC(C)(OC(=O)C(=C)CC(=O)O)SCCC2SCCS2)c1)CSCCC1SCCS1. The molecule has 3 rings (SSSR count). The highest BCUT2D eigenvalue weighted by Crippen LogP contribution is 2.38. The summed E-state index contributed by atoms with van der Waals surface area (Å²) in [5.41, 5.74) is 0.410. The Balaban J connectivity index is 1.52. The molecule has 2 aliphatic rings. The molecule has 288 valence electrons. The summed E-state index contributed by atoms with van der Waals surface area (Å²) >= 11 is 10.5. The Bertz CT molecular complexity index is 1400. The quantitative estimate of drug-likeness (QED) is 0.0211. The van der Waals surface area contributed by atoms with Gasteiger partial charge in [0.15, 0.2) is 4.93 Å². The molecule has 2 atom stereocenters. The summed E-state index contributed by atoms with van der Waals surface area (Å²) in [4.78, 5) is 69.8. The maximum absolute atomic E-state index is 13.1. The summed E-state index contributed by atoms with van der Waals surface area (Å²) in [6.07, 6.45) is 0.0384. The van der Waals surface area contributed by atoms with Crippen molar-refractivity contribution in [3.8, 4) is 0 Å². The first-order chi connectivity index (χ1) is 24.8. The van der Waals surface area contributed by atoms with Crippen LogP contribution in [0.5, 0.6) is 0 Å². The fraction of sp³-hybridized carbons (Fsp3) is 0.559.